The van der Waals surface area contributed by atoms with Gasteiger partial charge >= 0.3 is 11.9 Å². The van der Waals surface area contributed by atoms with E-state index in [9.17, 15) is 9.59 Å². The van der Waals surface area contributed by atoms with Crippen LogP contribution in [0.3, 0.4) is 0 Å². The molecule has 0 bridgehead atoms. The van der Waals surface area contributed by atoms with Gasteiger partial charge in [-0.2, -0.15) is 0 Å². The number of unbranched alkanes of at least 4 members (excludes halogenated alkanes) is 28. The highest BCUT2D eigenvalue weighted by molar-refractivity contribution is 6.11. The predicted octanol–water partition coefficient (Wildman–Crippen LogP) is 17.1. The van der Waals surface area contributed by atoms with E-state index in [-0.39, 0.29) is 24.1 Å². The average molecular weight is 859 g/mol. The molecule has 0 fully saturated rings. The number of hydrogen-bond acceptors (Lipinski definition) is 6. The Morgan fingerprint density at radius 3 is 0.774 bits per heavy atom. The van der Waals surface area contributed by atoms with Crippen molar-refractivity contribution in [2.75, 3.05) is 13.2 Å². The van der Waals surface area contributed by atoms with E-state index in [1.807, 2.05) is 27.7 Å². The minimum Gasteiger partial charge on any atom is -0.492 e. The van der Waals surface area contributed by atoms with Gasteiger partial charge in [-0.3, -0.25) is 9.59 Å². The number of rotatable bonds is 40. The fourth-order valence-corrected chi connectivity index (χ4v) is 8.69. The van der Waals surface area contributed by atoms with Crippen LogP contribution >= 0.6 is 0 Å². The van der Waals surface area contributed by atoms with Crippen molar-refractivity contribution in [3.05, 3.63) is 48.5 Å². The lowest BCUT2D eigenvalue weighted by Crippen LogP contribution is -2.10. The van der Waals surface area contributed by atoms with Gasteiger partial charge in [0.05, 0.1) is 25.4 Å². The van der Waals surface area contributed by atoms with E-state index >= 15 is 0 Å². The molecule has 0 heterocycles. The lowest BCUT2D eigenvalue weighted by atomic mass is 10.0. The largest absolute Gasteiger partial charge is 0.492 e. The van der Waals surface area contributed by atoms with Crippen LogP contribution in [0.25, 0.3) is 21.5 Å². The Kier molecular flexibility index (Phi) is 30.1. The van der Waals surface area contributed by atoms with Crippen molar-refractivity contribution in [2.45, 2.75) is 245 Å². The van der Waals surface area contributed by atoms with Gasteiger partial charge < -0.3 is 18.9 Å². The summed E-state index contributed by atoms with van der Waals surface area (Å²) < 4.78 is 23.6. The third-order valence-corrected chi connectivity index (χ3v) is 12.1. The Labute approximate surface area is 379 Å². The van der Waals surface area contributed by atoms with Gasteiger partial charge in [-0.25, -0.2) is 0 Å². The van der Waals surface area contributed by atoms with Gasteiger partial charge in [-0.15, -0.1) is 0 Å². The summed E-state index contributed by atoms with van der Waals surface area (Å²) in [6, 6.07) is 17.3. The Hall–Kier alpha value is -3.28. The number of benzene rings is 3. The summed E-state index contributed by atoms with van der Waals surface area (Å²) >= 11 is 0. The van der Waals surface area contributed by atoms with Crippen molar-refractivity contribution in [3.63, 3.8) is 0 Å². The topological polar surface area (TPSA) is 71.1 Å². The number of carbonyl (C=O) groups excluding carboxylic acids is 2. The molecule has 0 aliphatic carbocycles. The van der Waals surface area contributed by atoms with E-state index in [0.717, 1.165) is 84.8 Å². The van der Waals surface area contributed by atoms with E-state index in [0.29, 0.717) is 12.8 Å². The normalized spacial score (nSPS) is 11.6. The summed E-state index contributed by atoms with van der Waals surface area (Å²) in [6.07, 6.45) is 39.3. The summed E-state index contributed by atoms with van der Waals surface area (Å²) in [5, 5.41) is 4.61. The first-order chi connectivity index (χ1) is 30.4. The molecule has 0 aromatic heterocycles. The predicted molar refractivity (Wildman–Crippen MR) is 263 cm³/mol. The van der Waals surface area contributed by atoms with Crippen LogP contribution in [0, 0.1) is 0 Å². The molecule has 0 saturated carbocycles. The van der Waals surface area contributed by atoms with Crippen LogP contribution in [0.1, 0.15) is 233 Å². The maximum Gasteiger partial charge on any atom is 0.306 e. The van der Waals surface area contributed by atoms with Crippen molar-refractivity contribution in [1.82, 2.24) is 0 Å². The van der Waals surface area contributed by atoms with E-state index in [4.69, 9.17) is 18.9 Å². The SMILES string of the molecule is CC(C)OC(=O)CCCCCCCCCCCCCCCCCOc1c2ccccc2c(OCCCCCCCCCCCCCCCCCC(=O)OC(C)C)c2ccccc12. The zero-order valence-electron chi connectivity index (χ0n) is 40.3. The molecule has 0 radical (unpaired) electrons. The molecule has 3 aromatic carbocycles. The number of carbonyl (C=O) groups is 2. The fraction of sp³-hybridized carbons (Fsp3) is 0.714. The molecule has 0 unspecified atom stereocenters. The molecule has 62 heavy (non-hydrogen) atoms. The van der Waals surface area contributed by atoms with Gasteiger partial charge in [0, 0.05) is 34.4 Å². The second-order valence-corrected chi connectivity index (χ2v) is 18.6. The number of ether oxygens (including phenoxy) is 4. The maximum absolute atomic E-state index is 11.6. The average Bonchev–Trinajstić information content (AvgIpc) is 3.25. The van der Waals surface area contributed by atoms with Crippen LogP contribution < -0.4 is 9.47 Å². The lowest BCUT2D eigenvalue weighted by molar-refractivity contribution is -0.148. The first-order valence-electron chi connectivity index (χ1n) is 25.9. The quantitative estimate of drug-likeness (QED) is 0.0322. The van der Waals surface area contributed by atoms with Crippen LogP contribution in [-0.4, -0.2) is 37.4 Å². The van der Waals surface area contributed by atoms with Crippen LogP contribution in [0.2, 0.25) is 0 Å². The van der Waals surface area contributed by atoms with Gasteiger partial charge in [0.25, 0.3) is 0 Å². The summed E-state index contributed by atoms with van der Waals surface area (Å²) in [5.74, 6) is 1.91. The first-order valence-corrected chi connectivity index (χ1v) is 25.9. The van der Waals surface area contributed by atoms with Crippen molar-refractivity contribution in [1.29, 1.82) is 0 Å². The van der Waals surface area contributed by atoms with Crippen LogP contribution in [0.4, 0.5) is 0 Å². The Morgan fingerprint density at radius 2 is 0.548 bits per heavy atom. The molecule has 0 saturated heterocycles. The molecular weight excluding hydrogens is 769 g/mol. The summed E-state index contributed by atoms with van der Waals surface area (Å²) in [6.45, 7) is 9.14. The first kappa shape index (κ1) is 53.1. The van der Waals surface area contributed by atoms with Gasteiger partial charge in [-0.1, -0.05) is 215 Å². The highest BCUT2D eigenvalue weighted by atomic mass is 16.5. The maximum atomic E-state index is 11.6. The molecule has 3 rings (SSSR count). The fourth-order valence-electron chi connectivity index (χ4n) is 8.69. The molecule has 0 N–H and O–H groups in total. The Bertz CT molecular complexity index is 1410. The van der Waals surface area contributed by atoms with Gasteiger partial charge in [0.15, 0.2) is 0 Å². The standard InChI is InChI=1S/C56H90O6/c1-47(2)61-53(57)43-31-27-23-19-15-11-7-5-9-13-17-21-25-29-37-45-59-55-49-39-33-35-41-51(49)56(52-42-36-34-40-50(52)55)60-46-38-30-26-22-18-14-10-6-8-12-16-20-24-28-32-44-54(58)62-48(3)4/h33-36,39-42,47-48H,5-32,37-38,43-46H2,1-4H3. The molecule has 0 atom stereocenters. The second-order valence-electron chi connectivity index (χ2n) is 18.6. The summed E-state index contributed by atoms with van der Waals surface area (Å²) in [5.41, 5.74) is 0. The number of esters is 2. The third-order valence-electron chi connectivity index (χ3n) is 12.1. The molecule has 0 amide bonds. The highest BCUT2D eigenvalue weighted by Gasteiger charge is 2.16. The molecule has 3 aromatic rings. The molecule has 0 aliphatic heterocycles. The molecule has 350 valence electrons. The second kappa shape index (κ2) is 35.1. The van der Waals surface area contributed by atoms with Crippen LogP contribution in [-0.2, 0) is 19.1 Å². The molecule has 0 aliphatic rings. The smallest absolute Gasteiger partial charge is 0.306 e. The molecule has 6 heteroatoms. The van der Waals surface area contributed by atoms with E-state index in [1.54, 1.807) is 0 Å². The Balaban J connectivity index is 1.19. The zero-order valence-corrected chi connectivity index (χ0v) is 40.3. The van der Waals surface area contributed by atoms with Crippen molar-refractivity contribution in [2.24, 2.45) is 0 Å². The summed E-state index contributed by atoms with van der Waals surface area (Å²) in [4.78, 5) is 23.2. The number of fused-ring (bicyclic) bond motifs is 2. The molecule has 6 nitrogen and oxygen atoms in total. The Morgan fingerprint density at radius 1 is 0.339 bits per heavy atom. The molecular formula is C56H90O6. The minimum atomic E-state index is -0.0457. The highest BCUT2D eigenvalue weighted by Crippen LogP contribution is 2.43. The van der Waals surface area contributed by atoms with Crippen molar-refractivity contribution >= 4 is 33.5 Å². The van der Waals surface area contributed by atoms with Gasteiger partial charge in [0.2, 0.25) is 0 Å². The van der Waals surface area contributed by atoms with Gasteiger partial charge in [-0.05, 0) is 53.4 Å². The minimum absolute atomic E-state index is 0.000541. The van der Waals surface area contributed by atoms with E-state index in [2.05, 4.69) is 48.5 Å². The summed E-state index contributed by atoms with van der Waals surface area (Å²) in [7, 11) is 0. The van der Waals surface area contributed by atoms with E-state index in [1.165, 1.54) is 154 Å². The number of hydrogen-bond donors (Lipinski definition) is 0. The molecule has 0 spiro atoms. The van der Waals surface area contributed by atoms with Crippen molar-refractivity contribution in [3.8, 4) is 11.5 Å². The third kappa shape index (κ3) is 24.5. The zero-order chi connectivity index (χ0) is 44.3. The van der Waals surface area contributed by atoms with Crippen molar-refractivity contribution < 1.29 is 28.5 Å². The van der Waals surface area contributed by atoms with Crippen LogP contribution in [0.5, 0.6) is 11.5 Å². The van der Waals surface area contributed by atoms with Gasteiger partial charge in [0.1, 0.15) is 11.5 Å². The van der Waals surface area contributed by atoms with Crippen LogP contribution in [0.15, 0.2) is 48.5 Å². The monoisotopic (exact) mass is 859 g/mol. The lowest BCUT2D eigenvalue weighted by Gasteiger charge is -2.18. The van der Waals surface area contributed by atoms with E-state index < -0.39 is 0 Å².